The lowest BCUT2D eigenvalue weighted by Crippen LogP contribution is -1.96. The third-order valence-corrected chi connectivity index (χ3v) is 11.7. The fraction of sp³-hybridized carbons (Fsp3) is 0. The summed E-state index contributed by atoms with van der Waals surface area (Å²) in [6.07, 6.45) is 0. The van der Waals surface area contributed by atoms with Gasteiger partial charge in [-0.15, -0.1) is 0 Å². The van der Waals surface area contributed by atoms with Gasteiger partial charge in [0.05, 0.1) is 8.22 Å². The van der Waals surface area contributed by atoms with Crippen molar-refractivity contribution in [3.05, 3.63) is 218 Å². The van der Waals surface area contributed by atoms with Gasteiger partial charge in [0.25, 0.3) is 0 Å². The summed E-state index contributed by atoms with van der Waals surface area (Å²) in [5.41, 5.74) is 9.39. The van der Waals surface area contributed by atoms with Crippen LogP contribution in [0, 0.1) is 0 Å². The van der Waals surface area contributed by atoms with Crippen LogP contribution in [-0.2, 0) is 0 Å². The van der Waals surface area contributed by atoms with Crippen molar-refractivity contribution in [2.45, 2.75) is 0 Å². The van der Waals surface area contributed by atoms with E-state index < -0.39 is 0 Å². The molecule has 12 rings (SSSR count). The quantitative estimate of drug-likeness (QED) is 0.160. The predicted molar refractivity (Wildman–Crippen MR) is 251 cm³/mol. The lowest BCUT2D eigenvalue weighted by atomic mass is 9.80. The zero-order chi connectivity index (χ0) is 44.1. The van der Waals surface area contributed by atoms with Crippen LogP contribution < -0.4 is 0 Å². The molecule has 0 bridgehead atoms. The number of fused-ring (bicyclic) bond motifs is 7. The molecule has 0 aliphatic carbocycles. The Hall–Kier alpha value is -7.74. The molecule has 0 fully saturated rings. The first-order valence-electron chi connectivity index (χ1n) is 22.9. The van der Waals surface area contributed by atoms with E-state index in [0.29, 0.717) is 11.1 Å². The molecule has 0 amide bonds. The van der Waals surface area contributed by atoms with Crippen molar-refractivity contribution in [2.24, 2.45) is 0 Å². The number of benzene rings is 11. The average Bonchev–Trinajstić information content (AvgIpc) is 3.72. The second kappa shape index (κ2) is 13.4. The Bertz CT molecular complexity index is 3900. The van der Waals surface area contributed by atoms with E-state index in [4.69, 9.17) is 5.79 Å². The van der Waals surface area contributed by atoms with Crippen LogP contribution in [-0.4, -0.2) is 0 Å². The molecule has 0 radical (unpaired) electrons. The predicted octanol–water partition coefficient (Wildman–Crippen LogP) is 16.5. The molecule has 0 saturated carbocycles. The summed E-state index contributed by atoms with van der Waals surface area (Å²) >= 11 is 0. The van der Waals surface area contributed by atoms with Gasteiger partial charge >= 0.3 is 0 Å². The number of hydrogen-bond acceptors (Lipinski definition) is 1. The maximum atomic E-state index is 9.87. The molecule has 59 heavy (non-hydrogen) atoms. The van der Waals surface area contributed by atoms with E-state index in [9.17, 15) is 6.85 Å². The maximum Gasteiger partial charge on any atom is 0.135 e. The van der Waals surface area contributed by atoms with Crippen molar-refractivity contribution < 1.29 is 12.6 Å². The third kappa shape index (κ3) is 5.40. The molecule has 12 aromatic rings. The van der Waals surface area contributed by atoms with E-state index in [1.165, 1.54) is 0 Å². The van der Waals surface area contributed by atoms with E-state index in [-0.39, 0.29) is 58.2 Å². The number of furan rings is 1. The standard InChI is InChI=1S/C58H36O/c1-2-14-37(15-3-1)39-28-29-41-35-43(31-30-40(41)34-39)56-49-20-6-8-22-51(49)58(52-23-9-7-21-50(52)56)57-45(42-32-33-55-53(36-42)47-19-10-11-27-54(47)59-55)24-13-26-48(57)46-25-12-17-38-16-4-5-18-44(38)46/h1-36H/i28D,29D,30D,31D,34D,35D. The van der Waals surface area contributed by atoms with Crippen LogP contribution in [0.5, 0.6) is 0 Å². The lowest BCUT2D eigenvalue weighted by Gasteiger charge is -2.23. The van der Waals surface area contributed by atoms with Crippen LogP contribution in [0.4, 0.5) is 0 Å². The molecule has 1 nitrogen and oxygen atoms in total. The fourth-order valence-corrected chi connectivity index (χ4v) is 9.06. The molecular weight excluding hydrogens is 713 g/mol. The Morgan fingerprint density at radius 3 is 1.59 bits per heavy atom. The summed E-state index contributed by atoms with van der Waals surface area (Å²) in [5.74, 6) is 0. The van der Waals surface area contributed by atoms with Gasteiger partial charge in [-0.3, -0.25) is 0 Å². The Labute approximate surface area is 350 Å². The molecular formula is C58H36O. The van der Waals surface area contributed by atoms with E-state index in [1.54, 1.807) is 12.1 Å². The molecule has 0 aliphatic heterocycles. The van der Waals surface area contributed by atoms with E-state index in [2.05, 4.69) is 97.1 Å². The van der Waals surface area contributed by atoms with Gasteiger partial charge in [-0.25, -0.2) is 0 Å². The SMILES string of the molecule is [2H]c1c(-c2c3ccccc3c(-c3c(-c4ccc5oc6ccccc6c5c4)cccc3-c3cccc4ccccc34)c3ccccc23)c([2H])c2c([2H])c([2H])c(-c3ccccc3)c([2H])c2c1[2H]. The van der Waals surface area contributed by atoms with Crippen LogP contribution in [0.1, 0.15) is 8.22 Å². The Kier molecular flexibility index (Phi) is 6.33. The van der Waals surface area contributed by atoms with Crippen LogP contribution in [0.2, 0.25) is 0 Å². The fourth-order valence-electron chi connectivity index (χ4n) is 9.06. The minimum atomic E-state index is -0.246. The molecule has 1 heteroatoms. The first-order chi connectivity index (χ1) is 31.8. The van der Waals surface area contributed by atoms with Gasteiger partial charge in [0.15, 0.2) is 0 Å². The molecule has 11 aromatic carbocycles. The molecule has 1 aromatic heterocycles. The first kappa shape index (κ1) is 27.8. The van der Waals surface area contributed by atoms with Crippen molar-refractivity contribution in [2.75, 3.05) is 0 Å². The van der Waals surface area contributed by atoms with Gasteiger partial charge in [-0.05, 0) is 129 Å². The van der Waals surface area contributed by atoms with E-state index >= 15 is 0 Å². The monoisotopic (exact) mass is 754 g/mol. The molecule has 0 N–H and O–H groups in total. The normalized spacial score (nSPS) is 13.2. The smallest absolute Gasteiger partial charge is 0.135 e. The van der Waals surface area contributed by atoms with Gasteiger partial charge in [-0.1, -0.05) is 188 Å². The number of rotatable bonds is 5. The van der Waals surface area contributed by atoms with Crippen LogP contribution in [0.3, 0.4) is 0 Å². The minimum absolute atomic E-state index is 0.0265. The lowest BCUT2D eigenvalue weighted by molar-refractivity contribution is 0.669. The molecule has 0 aliphatic rings. The second-order valence-electron chi connectivity index (χ2n) is 15.0. The largest absolute Gasteiger partial charge is 0.456 e. The molecule has 0 saturated heterocycles. The Balaban J connectivity index is 1.21. The highest BCUT2D eigenvalue weighted by Crippen LogP contribution is 2.50. The van der Waals surface area contributed by atoms with Crippen molar-refractivity contribution in [1.29, 1.82) is 0 Å². The van der Waals surface area contributed by atoms with Crippen molar-refractivity contribution in [3.63, 3.8) is 0 Å². The molecule has 1 heterocycles. The summed E-state index contributed by atoms with van der Waals surface area (Å²) in [5, 5.41) is 7.71. The maximum absolute atomic E-state index is 9.87. The van der Waals surface area contributed by atoms with Gasteiger partial charge in [0.2, 0.25) is 0 Å². The number of hydrogen-bond donors (Lipinski definition) is 0. The van der Waals surface area contributed by atoms with Crippen LogP contribution in [0.15, 0.2) is 223 Å². The first-order valence-corrected chi connectivity index (χ1v) is 19.9. The van der Waals surface area contributed by atoms with Crippen LogP contribution in [0.25, 0.3) is 121 Å². The minimum Gasteiger partial charge on any atom is -0.456 e. The molecule has 0 unspecified atom stereocenters. The summed E-state index contributed by atoms with van der Waals surface area (Å²) in [6.45, 7) is 0. The van der Waals surface area contributed by atoms with E-state index in [0.717, 1.165) is 87.6 Å². The zero-order valence-corrected chi connectivity index (χ0v) is 31.7. The van der Waals surface area contributed by atoms with Gasteiger partial charge in [-0.2, -0.15) is 0 Å². The highest BCUT2D eigenvalue weighted by molar-refractivity contribution is 6.24. The van der Waals surface area contributed by atoms with Crippen LogP contribution >= 0.6 is 0 Å². The number of para-hydroxylation sites is 1. The summed E-state index contributed by atoms with van der Waals surface area (Å²) in [4.78, 5) is 0. The zero-order valence-electron chi connectivity index (χ0n) is 37.7. The van der Waals surface area contributed by atoms with Crippen molar-refractivity contribution in [3.8, 4) is 55.6 Å². The summed E-state index contributed by atoms with van der Waals surface area (Å²) < 4.78 is 63.2. The van der Waals surface area contributed by atoms with Crippen molar-refractivity contribution in [1.82, 2.24) is 0 Å². The molecule has 274 valence electrons. The van der Waals surface area contributed by atoms with Gasteiger partial charge < -0.3 is 4.42 Å². The van der Waals surface area contributed by atoms with Crippen molar-refractivity contribution >= 4 is 65.0 Å². The Morgan fingerprint density at radius 2 is 0.831 bits per heavy atom. The summed E-state index contributed by atoms with van der Waals surface area (Å²) in [6, 6.07) is 59.9. The third-order valence-electron chi connectivity index (χ3n) is 11.7. The highest BCUT2D eigenvalue weighted by atomic mass is 16.3. The van der Waals surface area contributed by atoms with E-state index in [1.807, 2.05) is 72.8 Å². The Morgan fingerprint density at radius 1 is 0.288 bits per heavy atom. The van der Waals surface area contributed by atoms with Gasteiger partial charge in [0.1, 0.15) is 11.2 Å². The molecule has 0 spiro atoms. The topological polar surface area (TPSA) is 13.1 Å². The average molecular weight is 755 g/mol. The highest BCUT2D eigenvalue weighted by Gasteiger charge is 2.23. The summed E-state index contributed by atoms with van der Waals surface area (Å²) in [7, 11) is 0. The second-order valence-corrected chi connectivity index (χ2v) is 15.0. The van der Waals surface area contributed by atoms with Gasteiger partial charge in [0, 0.05) is 10.8 Å². The molecule has 0 atom stereocenters.